The first-order chi connectivity index (χ1) is 6.95. The first-order valence-corrected chi connectivity index (χ1v) is 4.82. The van der Waals surface area contributed by atoms with Crippen molar-refractivity contribution in [1.82, 2.24) is 5.27 Å². The lowest BCUT2D eigenvalue weighted by molar-refractivity contribution is -0.770. The number of rotatable bonds is 4. The van der Waals surface area contributed by atoms with E-state index in [2.05, 4.69) is 26.0 Å². The van der Waals surface area contributed by atoms with Gasteiger partial charge in [-0.25, -0.2) is 0 Å². The highest BCUT2D eigenvalue weighted by Crippen LogP contribution is 2.06. The molecule has 6 nitrogen and oxygen atoms in total. The summed E-state index contributed by atoms with van der Waals surface area (Å²) < 4.78 is 9.75. The number of methoxy groups -OCH3 is 1. The van der Waals surface area contributed by atoms with E-state index in [0.717, 1.165) is 0 Å². The Labute approximate surface area is 88.9 Å². The predicted octanol–water partition coefficient (Wildman–Crippen LogP) is -0.613. The second-order valence-electron chi connectivity index (χ2n) is 4.27. The first kappa shape index (κ1) is 11.8. The van der Waals surface area contributed by atoms with Crippen molar-refractivity contribution in [3.63, 3.8) is 0 Å². The maximum absolute atomic E-state index is 7.28. The van der Waals surface area contributed by atoms with Gasteiger partial charge >= 0.3 is 0 Å². The molecule has 1 N–H and O–H groups in total. The van der Waals surface area contributed by atoms with Crippen LogP contribution in [-0.4, -0.2) is 25.8 Å². The zero-order valence-electron chi connectivity index (χ0n) is 9.65. The molecule has 0 fully saturated rings. The quantitative estimate of drug-likeness (QED) is 0.679. The summed E-state index contributed by atoms with van der Waals surface area (Å²) in [6.45, 7) is 7.48. The molecule has 0 aliphatic carbocycles. The number of hydrogen-bond donors (Lipinski definition) is 1. The van der Waals surface area contributed by atoms with E-state index in [4.69, 9.17) is 14.7 Å². The molecule has 0 saturated heterocycles. The normalized spacial score (nSPS) is 11.7. The Morgan fingerprint density at radius 1 is 1.60 bits per heavy atom. The van der Waals surface area contributed by atoms with Crippen molar-refractivity contribution in [1.29, 1.82) is 5.41 Å². The van der Waals surface area contributed by atoms with Crippen LogP contribution in [0.25, 0.3) is 0 Å². The van der Waals surface area contributed by atoms with Crippen molar-refractivity contribution in [3.05, 3.63) is 11.8 Å². The van der Waals surface area contributed by atoms with Gasteiger partial charge in [-0.1, -0.05) is 25.6 Å². The van der Waals surface area contributed by atoms with Gasteiger partial charge in [0.05, 0.1) is 6.61 Å². The number of hydrogen-bond acceptors (Lipinski definition) is 4. The second-order valence-corrected chi connectivity index (χ2v) is 4.27. The molecule has 0 bridgehead atoms. The molecule has 6 heteroatoms. The fourth-order valence-corrected chi connectivity index (χ4v) is 1.27. The Morgan fingerprint density at radius 3 is 2.67 bits per heavy atom. The van der Waals surface area contributed by atoms with Crippen molar-refractivity contribution in [2.45, 2.75) is 26.3 Å². The van der Waals surface area contributed by atoms with Crippen LogP contribution in [-0.2, 0) is 4.74 Å². The molecule has 0 unspecified atom stereocenters. The van der Waals surface area contributed by atoms with Crippen LogP contribution in [0.4, 0.5) is 0 Å². The van der Waals surface area contributed by atoms with Gasteiger partial charge in [0.2, 0.25) is 0 Å². The highest BCUT2D eigenvalue weighted by Gasteiger charge is 2.22. The lowest BCUT2D eigenvalue weighted by atomic mass is 10.1. The maximum atomic E-state index is 7.28. The number of ether oxygens (including phenoxy) is 1. The summed E-state index contributed by atoms with van der Waals surface area (Å²) in [4.78, 5) is 1.54. The van der Waals surface area contributed by atoms with Gasteiger partial charge in [-0.3, -0.25) is 10.4 Å². The third kappa shape index (κ3) is 3.09. The summed E-state index contributed by atoms with van der Waals surface area (Å²) in [7, 11) is 1.66. The van der Waals surface area contributed by atoms with E-state index in [0.29, 0.717) is 13.2 Å². The molecule has 0 spiro atoms. The molecular formula is C9H18N4O2. The van der Waals surface area contributed by atoms with E-state index in [1.807, 2.05) is 5.01 Å². The molecule has 1 aromatic heterocycles. The molecule has 0 amide bonds. The zero-order chi connectivity index (χ0) is 11.5. The van der Waals surface area contributed by atoms with Crippen LogP contribution >= 0.6 is 0 Å². The highest BCUT2D eigenvalue weighted by atomic mass is 16.5. The van der Waals surface area contributed by atoms with Crippen LogP contribution in [0.5, 0.6) is 0 Å². The summed E-state index contributed by atoms with van der Waals surface area (Å²) in [6.07, 6.45) is 1.53. The third-order valence-corrected chi connectivity index (χ3v) is 1.98. The zero-order valence-corrected chi connectivity index (χ0v) is 9.65. The van der Waals surface area contributed by atoms with Gasteiger partial charge in [0.25, 0.3) is 11.8 Å². The van der Waals surface area contributed by atoms with Crippen molar-refractivity contribution in [2.75, 3.05) is 25.3 Å². The summed E-state index contributed by atoms with van der Waals surface area (Å²) in [6, 6.07) is 0. The van der Waals surface area contributed by atoms with E-state index in [1.165, 1.54) is 6.20 Å². The summed E-state index contributed by atoms with van der Waals surface area (Å²) in [5.74, 6) is 0. The largest absolute Gasteiger partial charge is 0.385 e. The maximum Gasteiger partial charge on any atom is 0.286 e. The Balaban J connectivity index is 2.86. The van der Waals surface area contributed by atoms with Crippen LogP contribution < -0.4 is 20.6 Å². The van der Waals surface area contributed by atoms with Gasteiger partial charge < -0.3 is 9.26 Å². The molecule has 0 saturated carbocycles. The van der Waals surface area contributed by atoms with E-state index >= 15 is 0 Å². The third-order valence-electron chi connectivity index (χ3n) is 1.98. The smallest absolute Gasteiger partial charge is 0.286 e. The predicted molar refractivity (Wildman–Crippen MR) is 52.8 cm³/mol. The van der Waals surface area contributed by atoms with Crippen LogP contribution in [0.1, 0.15) is 20.8 Å². The summed E-state index contributed by atoms with van der Waals surface area (Å²) in [5, 5.41) is 13.0. The molecular weight excluding hydrogens is 196 g/mol. The van der Waals surface area contributed by atoms with Gasteiger partial charge in [-0.2, -0.15) is 0 Å². The molecule has 0 atom stereocenters. The molecule has 86 valence electrons. The molecule has 1 aromatic rings. The minimum atomic E-state index is -0.105. The topological polar surface area (TPSA) is 67.4 Å². The van der Waals surface area contributed by atoms with Gasteiger partial charge in [0, 0.05) is 19.2 Å². The molecule has 1 rings (SSSR count). The fourth-order valence-electron chi connectivity index (χ4n) is 1.27. The number of nitrogens with one attached hydrogen (secondary N) is 1. The van der Waals surface area contributed by atoms with Crippen LogP contribution in [0.15, 0.2) is 10.7 Å². The Morgan fingerprint density at radius 2 is 2.27 bits per heavy atom. The van der Waals surface area contributed by atoms with E-state index in [-0.39, 0.29) is 11.1 Å². The van der Waals surface area contributed by atoms with Gasteiger partial charge in [-0.15, -0.1) is 0 Å². The van der Waals surface area contributed by atoms with Crippen molar-refractivity contribution in [3.8, 4) is 0 Å². The molecule has 1 heterocycles. The van der Waals surface area contributed by atoms with Gasteiger partial charge in [-0.05, 0) is 5.27 Å². The van der Waals surface area contributed by atoms with E-state index in [9.17, 15) is 0 Å². The Kier molecular flexibility index (Phi) is 3.52. The lowest BCUT2D eigenvalue weighted by Gasteiger charge is -2.35. The van der Waals surface area contributed by atoms with Crippen LogP contribution in [0.2, 0.25) is 0 Å². The lowest BCUT2D eigenvalue weighted by Crippen LogP contribution is -2.68. The van der Waals surface area contributed by atoms with Crippen molar-refractivity contribution >= 4 is 0 Å². The minimum absolute atomic E-state index is 0.0432. The first-order valence-electron chi connectivity index (χ1n) is 4.82. The average Bonchev–Trinajstić information content (AvgIpc) is 2.50. The minimum Gasteiger partial charge on any atom is -0.385 e. The highest BCUT2D eigenvalue weighted by molar-refractivity contribution is 4.87. The summed E-state index contributed by atoms with van der Waals surface area (Å²) in [5.41, 5.74) is -0.0614. The van der Waals surface area contributed by atoms with Crippen molar-refractivity contribution < 1.29 is 14.1 Å². The molecule has 0 aromatic carbocycles. The Hall–Kier alpha value is -1.30. The van der Waals surface area contributed by atoms with E-state index in [1.54, 1.807) is 11.9 Å². The second kappa shape index (κ2) is 4.48. The van der Waals surface area contributed by atoms with Crippen LogP contribution in [0.3, 0.4) is 0 Å². The number of aromatic nitrogens is 2. The summed E-state index contributed by atoms with van der Waals surface area (Å²) >= 11 is 0. The molecule has 15 heavy (non-hydrogen) atoms. The molecule has 0 aliphatic heterocycles. The Bertz CT molecular complexity index is 349. The van der Waals surface area contributed by atoms with Crippen LogP contribution in [0, 0.1) is 5.41 Å². The standard InChI is InChI=1S/C9H18N4O2/c1-9(2,3)12(5-6-14-4)13-7-8(10)15-11-13/h7,10H,5-6H2,1-4H3. The van der Waals surface area contributed by atoms with Gasteiger partial charge in [0.1, 0.15) is 0 Å². The van der Waals surface area contributed by atoms with Gasteiger partial charge in [0.15, 0.2) is 0 Å². The number of nitrogens with zero attached hydrogens (tertiary/aromatic N) is 3. The fraction of sp³-hybridized carbons (Fsp3) is 0.778. The average molecular weight is 214 g/mol. The molecule has 0 radical (unpaired) electrons. The monoisotopic (exact) mass is 214 g/mol. The SMILES string of the molecule is COCCN([n+]1cc(=N)o[n-]1)C(C)(C)C. The van der Waals surface area contributed by atoms with Crippen molar-refractivity contribution in [2.24, 2.45) is 0 Å². The van der Waals surface area contributed by atoms with E-state index < -0.39 is 0 Å². The molecule has 0 aliphatic rings.